The highest BCUT2D eigenvalue weighted by Crippen LogP contribution is 2.37. The first-order valence-corrected chi connectivity index (χ1v) is 8.84. The number of benzene rings is 1. The van der Waals surface area contributed by atoms with E-state index in [1.54, 1.807) is 12.1 Å². The van der Waals surface area contributed by atoms with E-state index in [2.05, 4.69) is 11.9 Å². The SMILES string of the molecule is CN1CCCC12CCCN(C(=O)COc1cccc(Cl)c1)CC2. The predicted octanol–water partition coefficient (Wildman–Crippen LogP) is 3.20. The molecule has 2 heterocycles. The van der Waals surface area contributed by atoms with Gasteiger partial charge in [-0.2, -0.15) is 0 Å². The molecule has 0 N–H and O–H groups in total. The van der Waals surface area contributed by atoms with Gasteiger partial charge in [0.05, 0.1) is 0 Å². The average Bonchev–Trinajstić information content (AvgIpc) is 2.76. The van der Waals surface area contributed by atoms with Gasteiger partial charge in [-0.1, -0.05) is 17.7 Å². The van der Waals surface area contributed by atoms with Crippen molar-refractivity contribution in [3.05, 3.63) is 29.3 Å². The maximum absolute atomic E-state index is 12.4. The minimum Gasteiger partial charge on any atom is -0.484 e. The molecule has 1 aromatic rings. The number of likely N-dealkylation sites (tertiary alicyclic amines) is 2. The van der Waals surface area contributed by atoms with E-state index >= 15 is 0 Å². The molecule has 0 bridgehead atoms. The molecule has 0 aromatic heterocycles. The van der Waals surface area contributed by atoms with Crippen LogP contribution in [0.15, 0.2) is 24.3 Å². The monoisotopic (exact) mass is 336 g/mol. The van der Waals surface area contributed by atoms with Crippen LogP contribution in [0.2, 0.25) is 5.02 Å². The fraction of sp³-hybridized carbons (Fsp3) is 0.611. The lowest BCUT2D eigenvalue weighted by Crippen LogP contribution is -2.42. The molecule has 2 saturated heterocycles. The van der Waals surface area contributed by atoms with Crippen LogP contribution in [0.1, 0.15) is 32.1 Å². The van der Waals surface area contributed by atoms with Gasteiger partial charge in [0.1, 0.15) is 5.75 Å². The molecule has 5 heteroatoms. The number of halogens is 1. The molecule has 1 unspecified atom stereocenters. The van der Waals surface area contributed by atoms with Gasteiger partial charge in [0.15, 0.2) is 6.61 Å². The zero-order chi connectivity index (χ0) is 16.3. The van der Waals surface area contributed by atoms with E-state index < -0.39 is 0 Å². The van der Waals surface area contributed by atoms with Gasteiger partial charge >= 0.3 is 0 Å². The number of carbonyl (C=O) groups excluding carboxylic acids is 1. The van der Waals surface area contributed by atoms with Crippen LogP contribution >= 0.6 is 11.6 Å². The third kappa shape index (κ3) is 3.81. The highest BCUT2D eigenvalue weighted by Gasteiger charge is 2.40. The summed E-state index contributed by atoms with van der Waals surface area (Å²) in [6.07, 6.45) is 5.90. The smallest absolute Gasteiger partial charge is 0.260 e. The zero-order valence-corrected chi connectivity index (χ0v) is 14.5. The van der Waals surface area contributed by atoms with Crippen LogP contribution in [0.5, 0.6) is 5.75 Å². The lowest BCUT2D eigenvalue weighted by molar-refractivity contribution is -0.133. The lowest BCUT2D eigenvalue weighted by Gasteiger charge is -2.35. The van der Waals surface area contributed by atoms with Crippen molar-refractivity contribution in [2.45, 2.75) is 37.6 Å². The van der Waals surface area contributed by atoms with Crippen LogP contribution in [-0.2, 0) is 4.79 Å². The molecule has 2 aliphatic heterocycles. The summed E-state index contributed by atoms with van der Waals surface area (Å²) in [5.74, 6) is 0.718. The number of hydrogen-bond acceptors (Lipinski definition) is 3. The Labute approximate surface area is 143 Å². The van der Waals surface area contributed by atoms with E-state index in [4.69, 9.17) is 16.3 Å². The van der Waals surface area contributed by atoms with Crippen LogP contribution in [0.4, 0.5) is 0 Å². The molecule has 1 spiro atoms. The Hall–Kier alpha value is -1.26. The molecule has 23 heavy (non-hydrogen) atoms. The highest BCUT2D eigenvalue weighted by molar-refractivity contribution is 6.30. The fourth-order valence-corrected chi connectivity index (χ4v) is 4.11. The summed E-state index contributed by atoms with van der Waals surface area (Å²) in [6, 6.07) is 7.18. The molecule has 4 nitrogen and oxygen atoms in total. The molecule has 1 amide bonds. The molecule has 1 aromatic carbocycles. The fourth-order valence-electron chi connectivity index (χ4n) is 3.93. The summed E-state index contributed by atoms with van der Waals surface area (Å²) < 4.78 is 5.59. The number of carbonyl (C=O) groups is 1. The Kier molecular flexibility index (Phi) is 5.12. The molecule has 126 valence electrons. The van der Waals surface area contributed by atoms with Gasteiger partial charge in [0, 0.05) is 23.7 Å². The van der Waals surface area contributed by atoms with Crippen molar-refractivity contribution in [1.82, 2.24) is 9.80 Å². The second-order valence-corrected chi connectivity index (χ2v) is 7.17. The molecule has 0 saturated carbocycles. The van der Waals surface area contributed by atoms with Crippen LogP contribution in [-0.4, -0.2) is 54.5 Å². The van der Waals surface area contributed by atoms with E-state index in [-0.39, 0.29) is 12.5 Å². The van der Waals surface area contributed by atoms with Gasteiger partial charge in [-0.05, 0) is 63.9 Å². The summed E-state index contributed by atoms with van der Waals surface area (Å²) in [5, 5.41) is 0.621. The molecule has 0 radical (unpaired) electrons. The molecule has 0 aliphatic carbocycles. The molecule has 1 atom stereocenters. The van der Waals surface area contributed by atoms with Gasteiger partial charge in [0.25, 0.3) is 5.91 Å². The Morgan fingerprint density at radius 3 is 2.70 bits per heavy atom. The standard InChI is InChI=1S/C18H25ClN2O2/c1-20-10-3-7-18(20)8-4-11-21(12-9-18)17(22)14-23-16-6-2-5-15(19)13-16/h2,5-6,13H,3-4,7-12,14H2,1H3. The van der Waals surface area contributed by atoms with Crippen molar-refractivity contribution in [2.24, 2.45) is 0 Å². The molecular weight excluding hydrogens is 312 g/mol. The largest absolute Gasteiger partial charge is 0.484 e. The maximum atomic E-state index is 12.4. The first-order chi connectivity index (χ1) is 11.1. The number of nitrogens with zero attached hydrogens (tertiary/aromatic N) is 2. The predicted molar refractivity (Wildman–Crippen MR) is 92.0 cm³/mol. The summed E-state index contributed by atoms with van der Waals surface area (Å²) in [4.78, 5) is 16.9. The second-order valence-electron chi connectivity index (χ2n) is 6.73. The van der Waals surface area contributed by atoms with Gasteiger partial charge < -0.3 is 14.5 Å². The highest BCUT2D eigenvalue weighted by atomic mass is 35.5. The third-order valence-corrected chi connectivity index (χ3v) is 5.61. The van der Waals surface area contributed by atoms with Crippen molar-refractivity contribution in [3.63, 3.8) is 0 Å². The van der Waals surface area contributed by atoms with Crippen molar-refractivity contribution in [2.75, 3.05) is 33.3 Å². The summed E-state index contributed by atoms with van der Waals surface area (Å²) in [5.41, 5.74) is 0.322. The first-order valence-electron chi connectivity index (χ1n) is 8.46. The minimum absolute atomic E-state index is 0.0719. The van der Waals surface area contributed by atoms with E-state index in [0.29, 0.717) is 16.3 Å². The number of ether oxygens (including phenoxy) is 1. The molecule has 2 aliphatic rings. The van der Waals surface area contributed by atoms with Gasteiger partial charge in [-0.25, -0.2) is 0 Å². The van der Waals surface area contributed by atoms with Crippen LogP contribution in [0.3, 0.4) is 0 Å². The van der Waals surface area contributed by atoms with Crippen molar-refractivity contribution < 1.29 is 9.53 Å². The number of hydrogen-bond donors (Lipinski definition) is 0. The lowest BCUT2D eigenvalue weighted by atomic mass is 9.88. The number of amides is 1. The van der Waals surface area contributed by atoms with E-state index in [0.717, 1.165) is 25.9 Å². The topological polar surface area (TPSA) is 32.8 Å². The van der Waals surface area contributed by atoms with Gasteiger partial charge in [0.2, 0.25) is 0 Å². The average molecular weight is 337 g/mol. The van der Waals surface area contributed by atoms with Crippen LogP contribution < -0.4 is 4.74 Å². The maximum Gasteiger partial charge on any atom is 0.260 e. The van der Waals surface area contributed by atoms with Crippen molar-refractivity contribution in [3.8, 4) is 5.75 Å². The Morgan fingerprint density at radius 2 is 2.00 bits per heavy atom. The van der Waals surface area contributed by atoms with Crippen LogP contribution in [0, 0.1) is 0 Å². The van der Waals surface area contributed by atoms with E-state index in [9.17, 15) is 4.79 Å². The molecular formula is C18H25ClN2O2. The normalized spacial score (nSPS) is 25.6. The summed E-state index contributed by atoms with van der Waals surface area (Å²) in [7, 11) is 2.23. The third-order valence-electron chi connectivity index (χ3n) is 5.37. The minimum atomic E-state index is 0.0719. The first kappa shape index (κ1) is 16.6. The molecule has 3 rings (SSSR count). The summed E-state index contributed by atoms with van der Waals surface area (Å²) in [6.45, 7) is 2.95. The van der Waals surface area contributed by atoms with E-state index in [1.165, 1.54) is 25.8 Å². The van der Waals surface area contributed by atoms with Gasteiger partial charge in [-0.3, -0.25) is 4.79 Å². The molecule has 2 fully saturated rings. The summed E-state index contributed by atoms with van der Waals surface area (Å²) >= 11 is 5.93. The Balaban J connectivity index is 1.54. The van der Waals surface area contributed by atoms with E-state index in [1.807, 2.05) is 17.0 Å². The quantitative estimate of drug-likeness (QED) is 0.849. The van der Waals surface area contributed by atoms with Crippen molar-refractivity contribution in [1.29, 1.82) is 0 Å². The Bertz CT molecular complexity index is 566. The van der Waals surface area contributed by atoms with Crippen LogP contribution in [0.25, 0.3) is 0 Å². The van der Waals surface area contributed by atoms with Gasteiger partial charge in [-0.15, -0.1) is 0 Å². The second kappa shape index (κ2) is 7.10. The number of rotatable bonds is 3. The van der Waals surface area contributed by atoms with Crippen molar-refractivity contribution >= 4 is 17.5 Å². The zero-order valence-electron chi connectivity index (χ0n) is 13.8. The Morgan fingerprint density at radius 1 is 1.22 bits per heavy atom.